The number of rotatable bonds is 0. The van der Waals surface area contributed by atoms with E-state index in [0.29, 0.717) is 0 Å². The minimum absolute atomic E-state index is 0.0960. The van der Waals surface area contributed by atoms with Crippen molar-refractivity contribution in [2.75, 3.05) is 0 Å². The molecule has 1 aliphatic carbocycles. The van der Waals surface area contributed by atoms with Gasteiger partial charge in [-0.1, -0.05) is 147 Å². The van der Waals surface area contributed by atoms with E-state index in [1.807, 2.05) is 0 Å². The molecule has 0 aromatic heterocycles. The van der Waals surface area contributed by atoms with E-state index in [4.69, 9.17) is 0 Å². The third kappa shape index (κ3) is 3.06. The molecule has 0 atom stereocenters. The quantitative estimate of drug-likeness (QED) is 0.183. The summed E-state index contributed by atoms with van der Waals surface area (Å²) in [5.41, 5.74) is 3.03. The first-order valence-corrected chi connectivity index (χ1v) is 13.8. The summed E-state index contributed by atoms with van der Waals surface area (Å²) in [7, 11) is 0. The number of hydrogen-bond acceptors (Lipinski definition) is 0. The molecule has 0 unspecified atom stereocenters. The Labute approximate surface area is 228 Å². The fourth-order valence-electron chi connectivity index (χ4n) is 7.09. The Bertz CT molecular complexity index is 1940. The fourth-order valence-corrected chi connectivity index (χ4v) is 7.09. The van der Waals surface area contributed by atoms with Crippen molar-refractivity contribution in [2.24, 2.45) is 0 Å². The second kappa shape index (κ2) is 8.16. The summed E-state index contributed by atoms with van der Waals surface area (Å²) in [5.74, 6) is 0. The molecule has 39 heavy (non-hydrogen) atoms. The zero-order chi connectivity index (χ0) is 26.1. The van der Waals surface area contributed by atoms with E-state index in [-0.39, 0.29) is 5.41 Å². The maximum atomic E-state index is 2.35. The first kappa shape index (κ1) is 22.3. The predicted octanol–water partition coefficient (Wildman–Crippen LogP) is 10.9. The van der Waals surface area contributed by atoms with E-state index >= 15 is 0 Å². The monoisotopic (exact) mass is 496 g/mol. The summed E-state index contributed by atoms with van der Waals surface area (Å²) in [4.78, 5) is 0. The first-order valence-electron chi connectivity index (χ1n) is 13.8. The normalized spacial score (nSPS) is 13.6. The summed E-state index contributed by atoms with van der Waals surface area (Å²) < 4.78 is 0. The van der Waals surface area contributed by atoms with Crippen molar-refractivity contribution in [1.82, 2.24) is 0 Å². The van der Waals surface area contributed by atoms with Gasteiger partial charge >= 0.3 is 0 Å². The molecule has 0 saturated carbocycles. The van der Waals surface area contributed by atoms with Gasteiger partial charge in [-0.2, -0.15) is 0 Å². The highest BCUT2D eigenvalue weighted by molar-refractivity contribution is 6.29. The standard InChI is InChI=1S/C21H16.C18H12/c1-21(2)17-11-5-9-15-13-7-3-4-8-14(13)16-10-6-12-18(21)20(16)19(15)17;1-2-8-14-13(7-1)15-9-3-4-11-17(15)18-12-6-5-10-16(14)18/h3-12H,1-2H3;1-12H. The molecule has 0 N–H and O–H groups in total. The molecule has 0 bridgehead atoms. The van der Waals surface area contributed by atoms with Gasteiger partial charge in [-0.05, 0) is 75.8 Å². The van der Waals surface area contributed by atoms with Crippen molar-refractivity contribution >= 4 is 64.6 Å². The van der Waals surface area contributed by atoms with Crippen molar-refractivity contribution in [3.05, 3.63) is 145 Å². The van der Waals surface area contributed by atoms with Crippen molar-refractivity contribution in [2.45, 2.75) is 19.3 Å². The summed E-state index contributed by atoms with van der Waals surface area (Å²) in [6.07, 6.45) is 0. The summed E-state index contributed by atoms with van der Waals surface area (Å²) in [5, 5.41) is 16.5. The average Bonchev–Trinajstić information content (AvgIpc) is 3.24. The number of hydrogen-bond donors (Lipinski definition) is 0. The lowest BCUT2D eigenvalue weighted by Crippen LogP contribution is -2.14. The van der Waals surface area contributed by atoms with Crippen LogP contribution in [0, 0.1) is 0 Å². The average molecular weight is 497 g/mol. The molecule has 0 heterocycles. The fraction of sp³-hybridized carbons (Fsp3) is 0.0769. The Morgan fingerprint density at radius 2 is 0.513 bits per heavy atom. The van der Waals surface area contributed by atoms with Gasteiger partial charge < -0.3 is 0 Å². The van der Waals surface area contributed by atoms with Crippen molar-refractivity contribution in [3.63, 3.8) is 0 Å². The molecule has 8 aromatic carbocycles. The molecule has 9 rings (SSSR count). The SMILES string of the molecule is CC1(C)c2cccc3c4ccccc4c4cccc1c4c23.c1ccc2c(c1)c1ccccc1c1ccccc21. The zero-order valence-corrected chi connectivity index (χ0v) is 22.2. The van der Waals surface area contributed by atoms with Crippen LogP contribution in [0.5, 0.6) is 0 Å². The second-order valence-electron chi connectivity index (χ2n) is 11.3. The van der Waals surface area contributed by atoms with E-state index < -0.39 is 0 Å². The highest BCUT2D eigenvalue weighted by atomic mass is 14.4. The first-order chi connectivity index (χ1) is 19.1. The molecule has 184 valence electrons. The van der Waals surface area contributed by atoms with Gasteiger partial charge in [0.05, 0.1) is 0 Å². The van der Waals surface area contributed by atoms with Crippen molar-refractivity contribution in [3.8, 4) is 0 Å². The van der Waals surface area contributed by atoms with Gasteiger partial charge in [0.15, 0.2) is 0 Å². The zero-order valence-electron chi connectivity index (χ0n) is 22.2. The molecular weight excluding hydrogens is 468 g/mol. The topological polar surface area (TPSA) is 0 Å². The van der Waals surface area contributed by atoms with Crippen LogP contribution >= 0.6 is 0 Å². The molecule has 0 aliphatic heterocycles. The minimum atomic E-state index is 0.0960. The molecular formula is C39H28. The molecule has 0 heteroatoms. The largest absolute Gasteiger partial charge is 0.0616 e. The van der Waals surface area contributed by atoms with Crippen LogP contribution in [-0.4, -0.2) is 0 Å². The van der Waals surface area contributed by atoms with Gasteiger partial charge in [-0.25, -0.2) is 0 Å². The van der Waals surface area contributed by atoms with Crippen LogP contribution in [0.4, 0.5) is 0 Å². The number of fused-ring (bicyclic) bond motifs is 9. The summed E-state index contributed by atoms with van der Waals surface area (Å²) >= 11 is 0. The third-order valence-corrected chi connectivity index (χ3v) is 8.88. The van der Waals surface area contributed by atoms with Crippen LogP contribution < -0.4 is 0 Å². The number of benzene rings is 8. The predicted molar refractivity (Wildman–Crippen MR) is 170 cm³/mol. The van der Waals surface area contributed by atoms with E-state index in [9.17, 15) is 0 Å². The van der Waals surface area contributed by atoms with E-state index in [1.165, 1.54) is 75.8 Å². The summed E-state index contributed by atoms with van der Waals surface area (Å²) in [6, 6.07) is 48.3. The lowest BCUT2D eigenvalue weighted by Gasteiger charge is -2.21. The van der Waals surface area contributed by atoms with E-state index in [0.717, 1.165) is 0 Å². The third-order valence-electron chi connectivity index (χ3n) is 8.88. The maximum Gasteiger partial charge on any atom is 0.0159 e. The van der Waals surface area contributed by atoms with Crippen LogP contribution in [-0.2, 0) is 5.41 Å². The van der Waals surface area contributed by atoms with Crippen molar-refractivity contribution < 1.29 is 0 Å². The Morgan fingerprint density at radius 3 is 0.795 bits per heavy atom. The summed E-state index contributed by atoms with van der Waals surface area (Å²) in [6.45, 7) is 4.70. The Morgan fingerprint density at radius 1 is 0.282 bits per heavy atom. The van der Waals surface area contributed by atoms with Gasteiger partial charge in [-0.3, -0.25) is 0 Å². The molecule has 0 nitrogen and oxygen atoms in total. The Balaban J connectivity index is 0.000000122. The van der Waals surface area contributed by atoms with Crippen LogP contribution in [0.15, 0.2) is 133 Å². The highest BCUT2D eigenvalue weighted by Gasteiger charge is 2.34. The van der Waals surface area contributed by atoms with Crippen LogP contribution in [0.25, 0.3) is 64.6 Å². The van der Waals surface area contributed by atoms with Gasteiger partial charge in [0.25, 0.3) is 0 Å². The molecule has 8 aromatic rings. The Kier molecular flexibility index (Phi) is 4.67. The minimum Gasteiger partial charge on any atom is -0.0616 e. The lowest BCUT2D eigenvalue weighted by molar-refractivity contribution is 0.663. The van der Waals surface area contributed by atoms with Crippen LogP contribution in [0.3, 0.4) is 0 Å². The molecule has 0 radical (unpaired) electrons. The van der Waals surface area contributed by atoms with Crippen LogP contribution in [0.1, 0.15) is 25.0 Å². The molecule has 0 amide bonds. The van der Waals surface area contributed by atoms with Crippen LogP contribution in [0.2, 0.25) is 0 Å². The van der Waals surface area contributed by atoms with Crippen molar-refractivity contribution in [1.29, 1.82) is 0 Å². The van der Waals surface area contributed by atoms with E-state index in [2.05, 4.69) is 147 Å². The molecule has 0 spiro atoms. The maximum absolute atomic E-state index is 2.35. The lowest BCUT2D eigenvalue weighted by atomic mass is 9.82. The van der Waals surface area contributed by atoms with Gasteiger partial charge in [0, 0.05) is 5.41 Å². The smallest absolute Gasteiger partial charge is 0.0159 e. The molecule has 0 fully saturated rings. The highest BCUT2D eigenvalue weighted by Crippen LogP contribution is 2.50. The Hall–Kier alpha value is -4.68. The van der Waals surface area contributed by atoms with Gasteiger partial charge in [0.2, 0.25) is 0 Å². The van der Waals surface area contributed by atoms with Gasteiger partial charge in [-0.15, -0.1) is 0 Å². The molecule has 1 aliphatic rings. The molecule has 0 saturated heterocycles. The van der Waals surface area contributed by atoms with E-state index in [1.54, 1.807) is 0 Å². The second-order valence-corrected chi connectivity index (χ2v) is 11.3. The van der Waals surface area contributed by atoms with Gasteiger partial charge in [0.1, 0.15) is 0 Å².